The maximum atomic E-state index is 13.8. The molecular weight excluding hydrogens is 479 g/mol. The van der Waals surface area contributed by atoms with Gasteiger partial charge in [-0.2, -0.15) is 4.99 Å². The summed E-state index contributed by atoms with van der Waals surface area (Å²) < 4.78 is 27.4. The zero-order chi connectivity index (χ0) is 26.1. The van der Waals surface area contributed by atoms with Crippen molar-refractivity contribution >= 4 is 28.6 Å². The van der Waals surface area contributed by atoms with Crippen LogP contribution in [0.5, 0.6) is 0 Å². The third-order valence-electron chi connectivity index (χ3n) is 5.77. The lowest BCUT2D eigenvalue weighted by atomic mass is 10.2. The molecule has 1 aromatic carbocycles. The van der Waals surface area contributed by atoms with E-state index in [1.54, 1.807) is 31.3 Å². The van der Waals surface area contributed by atoms with E-state index in [-0.39, 0.29) is 40.8 Å². The van der Waals surface area contributed by atoms with Crippen molar-refractivity contribution in [2.75, 3.05) is 6.61 Å². The Kier molecular flexibility index (Phi) is 6.22. The number of carbonyl (C=O) groups is 2. The molecule has 0 atom stereocenters. The van der Waals surface area contributed by atoms with Crippen molar-refractivity contribution in [3.8, 4) is 0 Å². The number of aromatic nitrogens is 3. The van der Waals surface area contributed by atoms with E-state index >= 15 is 0 Å². The normalized spacial score (nSPS) is 11.8. The number of aryl methyl sites for hydroxylation is 1. The highest BCUT2D eigenvalue weighted by Gasteiger charge is 2.21. The molecule has 0 aliphatic carbocycles. The Bertz CT molecular complexity index is 1800. The van der Waals surface area contributed by atoms with E-state index in [2.05, 4.69) is 4.99 Å². The molecule has 0 fully saturated rings. The molecule has 1 amide bonds. The first-order valence-corrected chi connectivity index (χ1v) is 11.5. The number of nitrogens with zero attached hydrogens (tertiary/aromatic N) is 4. The lowest BCUT2D eigenvalue weighted by Crippen LogP contribution is -2.33. The molecule has 0 unspecified atom stereocenters. The predicted octanol–water partition coefficient (Wildman–Crippen LogP) is 3.66. The molecule has 0 N–H and O–H groups in total. The minimum absolute atomic E-state index is 0.000500. The largest absolute Gasteiger partial charge is 0.467 e. The predicted molar refractivity (Wildman–Crippen MR) is 132 cm³/mol. The Labute approximate surface area is 209 Å². The maximum Gasteiger partial charge on any atom is 0.341 e. The second-order valence-corrected chi connectivity index (χ2v) is 8.23. The summed E-state index contributed by atoms with van der Waals surface area (Å²) >= 11 is 0. The van der Waals surface area contributed by atoms with Crippen LogP contribution in [0, 0.1) is 12.7 Å². The van der Waals surface area contributed by atoms with E-state index < -0.39 is 23.3 Å². The lowest BCUT2D eigenvalue weighted by molar-refractivity contribution is 0.0523. The number of halogens is 1. The molecule has 4 heterocycles. The SMILES string of the molecule is CCOC(=O)c1cc2c(=O)n3cccc(C)c3nc2n(Cc2ccco2)c1=NC(=O)c1cccc(F)c1. The first kappa shape index (κ1) is 23.9. The number of amides is 1. The Balaban J connectivity index is 1.92. The highest BCUT2D eigenvalue weighted by molar-refractivity contribution is 5.97. The van der Waals surface area contributed by atoms with Gasteiger partial charge >= 0.3 is 5.97 Å². The highest BCUT2D eigenvalue weighted by Crippen LogP contribution is 2.16. The lowest BCUT2D eigenvalue weighted by Gasteiger charge is -2.15. The van der Waals surface area contributed by atoms with E-state index in [0.29, 0.717) is 11.4 Å². The number of pyridine rings is 2. The smallest absolute Gasteiger partial charge is 0.341 e. The summed E-state index contributed by atoms with van der Waals surface area (Å²) in [7, 11) is 0. The second-order valence-electron chi connectivity index (χ2n) is 8.23. The summed E-state index contributed by atoms with van der Waals surface area (Å²) in [4.78, 5) is 48.6. The molecular formula is C27H21FN4O5. The van der Waals surface area contributed by atoms with E-state index in [9.17, 15) is 18.8 Å². The topological polar surface area (TPSA) is 108 Å². The number of hydrogen-bond donors (Lipinski definition) is 0. The number of rotatable bonds is 5. The number of carbonyl (C=O) groups excluding carboxylic acids is 2. The molecule has 0 bridgehead atoms. The van der Waals surface area contributed by atoms with Gasteiger partial charge in [0.1, 0.15) is 28.4 Å². The fourth-order valence-corrected chi connectivity index (χ4v) is 4.06. The fourth-order valence-electron chi connectivity index (χ4n) is 4.06. The van der Waals surface area contributed by atoms with Gasteiger partial charge in [0, 0.05) is 11.8 Å². The quantitative estimate of drug-likeness (QED) is 0.269. The Morgan fingerprint density at radius 3 is 2.68 bits per heavy atom. The number of furan rings is 1. The van der Waals surface area contributed by atoms with Crippen LogP contribution in [0.3, 0.4) is 0 Å². The van der Waals surface area contributed by atoms with Gasteiger partial charge < -0.3 is 13.7 Å². The van der Waals surface area contributed by atoms with Crippen LogP contribution in [0.4, 0.5) is 4.39 Å². The molecule has 9 nitrogen and oxygen atoms in total. The van der Waals surface area contributed by atoms with Gasteiger partial charge in [-0.15, -0.1) is 0 Å². The van der Waals surface area contributed by atoms with Crippen LogP contribution in [0.1, 0.15) is 39.0 Å². The van der Waals surface area contributed by atoms with Gasteiger partial charge in [-0.05, 0) is 61.9 Å². The molecule has 0 spiro atoms. The summed E-state index contributed by atoms with van der Waals surface area (Å²) in [5.41, 5.74) is 0.703. The van der Waals surface area contributed by atoms with E-state index in [0.717, 1.165) is 11.6 Å². The second kappa shape index (κ2) is 9.65. The van der Waals surface area contributed by atoms with Crippen molar-refractivity contribution in [3.05, 3.63) is 111 Å². The number of hydrogen-bond acceptors (Lipinski definition) is 6. The van der Waals surface area contributed by atoms with Crippen molar-refractivity contribution in [1.82, 2.24) is 14.0 Å². The van der Waals surface area contributed by atoms with Crippen LogP contribution in [0.15, 0.2) is 81.3 Å². The third kappa shape index (κ3) is 4.44. The summed E-state index contributed by atoms with van der Waals surface area (Å²) in [6.45, 7) is 3.51. The number of fused-ring (bicyclic) bond motifs is 2. The summed E-state index contributed by atoms with van der Waals surface area (Å²) in [6.07, 6.45) is 3.06. The van der Waals surface area contributed by atoms with Gasteiger partial charge in [0.2, 0.25) is 0 Å². The Hall–Kier alpha value is -4.86. The van der Waals surface area contributed by atoms with Crippen LogP contribution in [0.25, 0.3) is 16.7 Å². The summed E-state index contributed by atoms with van der Waals surface area (Å²) in [5.74, 6) is -1.71. The first-order valence-electron chi connectivity index (χ1n) is 11.5. The molecule has 37 heavy (non-hydrogen) atoms. The molecule has 0 saturated heterocycles. The average Bonchev–Trinajstić information content (AvgIpc) is 3.39. The molecule has 5 aromatic rings. The number of ether oxygens (including phenoxy) is 1. The fraction of sp³-hybridized carbons (Fsp3) is 0.148. The van der Waals surface area contributed by atoms with Crippen LogP contribution >= 0.6 is 0 Å². The third-order valence-corrected chi connectivity index (χ3v) is 5.77. The molecule has 5 rings (SSSR count). The van der Waals surface area contributed by atoms with Crippen LogP contribution in [-0.2, 0) is 11.3 Å². The van der Waals surface area contributed by atoms with Gasteiger partial charge in [0.05, 0.1) is 24.8 Å². The Morgan fingerprint density at radius 2 is 1.95 bits per heavy atom. The average molecular weight is 500 g/mol. The molecule has 4 aromatic heterocycles. The zero-order valence-corrected chi connectivity index (χ0v) is 20.0. The highest BCUT2D eigenvalue weighted by atomic mass is 19.1. The van der Waals surface area contributed by atoms with E-state index in [1.165, 1.54) is 39.5 Å². The maximum absolute atomic E-state index is 13.8. The van der Waals surface area contributed by atoms with Crippen molar-refractivity contribution in [2.24, 2.45) is 4.99 Å². The van der Waals surface area contributed by atoms with E-state index in [4.69, 9.17) is 14.1 Å². The first-order chi connectivity index (χ1) is 17.9. The van der Waals surface area contributed by atoms with Crippen LogP contribution in [-0.4, -0.2) is 32.4 Å². The number of benzene rings is 1. The van der Waals surface area contributed by atoms with Crippen LogP contribution < -0.4 is 11.0 Å². The van der Waals surface area contributed by atoms with Crippen molar-refractivity contribution in [3.63, 3.8) is 0 Å². The summed E-state index contributed by atoms with van der Waals surface area (Å²) in [6, 6.07) is 13.3. The van der Waals surface area contributed by atoms with Crippen molar-refractivity contribution in [1.29, 1.82) is 0 Å². The molecule has 186 valence electrons. The van der Waals surface area contributed by atoms with E-state index in [1.807, 2.05) is 13.0 Å². The minimum atomic E-state index is -0.786. The molecule has 0 aliphatic heterocycles. The standard InChI is InChI=1S/C27H21FN4O5/c1-3-36-27(35)21-14-20-23(29-22-16(2)7-5-11-31(22)26(20)34)32(15-19-10-6-12-37-19)24(21)30-25(33)17-8-4-9-18(28)13-17/h4-14H,3,15H2,1-2H3. The van der Waals surface area contributed by atoms with Crippen molar-refractivity contribution in [2.45, 2.75) is 20.4 Å². The van der Waals surface area contributed by atoms with Gasteiger partial charge in [0.25, 0.3) is 11.5 Å². The Morgan fingerprint density at radius 1 is 1.11 bits per heavy atom. The monoisotopic (exact) mass is 500 g/mol. The molecule has 0 radical (unpaired) electrons. The zero-order valence-electron chi connectivity index (χ0n) is 20.0. The van der Waals surface area contributed by atoms with Crippen molar-refractivity contribution < 1.29 is 23.1 Å². The van der Waals surface area contributed by atoms with Gasteiger partial charge in [-0.3, -0.25) is 14.0 Å². The van der Waals surface area contributed by atoms with Gasteiger partial charge in [0.15, 0.2) is 5.49 Å². The molecule has 0 aliphatic rings. The van der Waals surface area contributed by atoms with Crippen LogP contribution in [0.2, 0.25) is 0 Å². The molecule has 10 heteroatoms. The molecule has 0 saturated carbocycles. The summed E-state index contributed by atoms with van der Waals surface area (Å²) in [5, 5.41) is 0.120. The minimum Gasteiger partial charge on any atom is -0.467 e. The van der Waals surface area contributed by atoms with Gasteiger partial charge in [-0.1, -0.05) is 12.1 Å². The number of esters is 1. The van der Waals surface area contributed by atoms with Gasteiger partial charge in [-0.25, -0.2) is 14.2 Å².